The maximum Gasteiger partial charge on any atom is 0.161 e. The van der Waals surface area contributed by atoms with Gasteiger partial charge in [0.05, 0.1) is 51.8 Å². The van der Waals surface area contributed by atoms with E-state index in [0.717, 1.165) is 61.4 Å². The van der Waals surface area contributed by atoms with Crippen molar-refractivity contribution in [3.63, 3.8) is 0 Å². The van der Waals surface area contributed by atoms with E-state index in [-0.39, 0.29) is 0 Å². The average molecular weight is 609 g/mol. The van der Waals surface area contributed by atoms with Gasteiger partial charge in [-0.2, -0.15) is 5.10 Å². The molecule has 9 heteroatoms. The van der Waals surface area contributed by atoms with Crippen LogP contribution in [0.15, 0.2) is 84.9 Å². The Bertz CT molecular complexity index is 1960. The second kappa shape index (κ2) is 12.8. The highest BCUT2D eigenvalue weighted by Gasteiger charge is 2.22. The van der Waals surface area contributed by atoms with Gasteiger partial charge in [0.15, 0.2) is 17.1 Å². The van der Waals surface area contributed by atoms with E-state index >= 15 is 0 Å². The Morgan fingerprint density at radius 3 is 2.05 bits per heavy atom. The van der Waals surface area contributed by atoms with Gasteiger partial charge in [0.2, 0.25) is 0 Å². The molecule has 0 aliphatic heterocycles. The summed E-state index contributed by atoms with van der Waals surface area (Å²) in [5, 5.41) is 12.1. The van der Waals surface area contributed by atoms with Gasteiger partial charge in [0, 0.05) is 34.4 Å². The van der Waals surface area contributed by atoms with Crippen LogP contribution in [0.25, 0.3) is 33.1 Å². The third kappa shape index (κ3) is 5.74. The molecule has 2 heterocycles. The molecule has 4 aromatic carbocycles. The van der Waals surface area contributed by atoms with Crippen LogP contribution < -0.4 is 24.3 Å². The molecule has 44 heavy (non-hydrogen) atoms. The lowest BCUT2D eigenvalue weighted by molar-refractivity contribution is 0.356. The topological polar surface area (TPSA) is 79.7 Å². The molecule has 1 N–H and O–H groups in total. The minimum atomic E-state index is 0.497. The molecule has 0 saturated carbocycles. The van der Waals surface area contributed by atoms with Crippen LogP contribution in [0, 0.1) is 0 Å². The lowest BCUT2D eigenvalue weighted by Gasteiger charge is -2.14. The zero-order valence-corrected chi connectivity index (χ0v) is 25.8. The van der Waals surface area contributed by atoms with Crippen LogP contribution >= 0.6 is 11.6 Å². The summed E-state index contributed by atoms with van der Waals surface area (Å²) in [6.07, 6.45) is 0. The van der Waals surface area contributed by atoms with Crippen LogP contribution in [0.2, 0.25) is 5.02 Å². The fraction of sp³-hybridized carbons (Fsp3) is 0.200. The second-order valence-electron chi connectivity index (χ2n) is 10.3. The number of nitrogens with zero attached hydrogens (tertiary/aromatic N) is 3. The number of benzene rings is 4. The standard InChI is InChI=1S/C35H33ClN4O4/c1-41-24-11-7-9-22(15-24)19-37-20-30-33-27-17-31(43-3)32(44-4)18-28(27)34(26-13-5-6-14-29(26)36)38-35(33)40(39-30)21-23-10-8-12-25(16-23)42-2/h5-18,37H,19-21H2,1-4H3. The first-order valence-corrected chi connectivity index (χ1v) is 14.6. The predicted molar refractivity (Wildman–Crippen MR) is 174 cm³/mol. The molecule has 6 rings (SSSR count). The van der Waals surface area contributed by atoms with Crippen LogP contribution in [0.4, 0.5) is 0 Å². The summed E-state index contributed by atoms with van der Waals surface area (Å²) in [7, 11) is 6.61. The summed E-state index contributed by atoms with van der Waals surface area (Å²) in [4.78, 5) is 5.26. The molecule has 8 nitrogen and oxygen atoms in total. The van der Waals surface area contributed by atoms with Gasteiger partial charge >= 0.3 is 0 Å². The van der Waals surface area contributed by atoms with Crippen molar-refractivity contribution in [3.05, 3.63) is 107 Å². The molecule has 0 amide bonds. The Hall–Kier alpha value is -4.79. The minimum Gasteiger partial charge on any atom is -0.497 e. The molecular formula is C35H33ClN4O4. The van der Waals surface area contributed by atoms with Crippen molar-refractivity contribution >= 4 is 33.4 Å². The van der Waals surface area contributed by atoms with E-state index < -0.39 is 0 Å². The van der Waals surface area contributed by atoms with Gasteiger partial charge in [-0.05, 0) is 53.6 Å². The van der Waals surface area contributed by atoms with Crippen molar-refractivity contribution in [1.29, 1.82) is 0 Å². The summed E-state index contributed by atoms with van der Waals surface area (Å²) in [6.45, 7) is 1.65. The van der Waals surface area contributed by atoms with E-state index in [9.17, 15) is 0 Å². The SMILES string of the molecule is COc1cccc(CNCc2nn(Cc3cccc(OC)c3)c3nc(-c4ccccc4Cl)c4cc(OC)c(OC)cc4c23)c1. The van der Waals surface area contributed by atoms with E-state index in [1.165, 1.54) is 0 Å². The monoisotopic (exact) mass is 608 g/mol. The van der Waals surface area contributed by atoms with E-state index in [1.54, 1.807) is 28.4 Å². The van der Waals surface area contributed by atoms with E-state index in [4.69, 9.17) is 40.6 Å². The molecule has 0 saturated heterocycles. The third-order valence-corrected chi connectivity index (χ3v) is 7.94. The number of ether oxygens (including phenoxy) is 4. The molecule has 0 bridgehead atoms. The maximum atomic E-state index is 6.75. The highest BCUT2D eigenvalue weighted by molar-refractivity contribution is 6.33. The molecule has 6 aromatic rings. The molecule has 0 aliphatic rings. The highest BCUT2D eigenvalue weighted by Crippen LogP contribution is 2.42. The molecule has 0 atom stereocenters. The van der Waals surface area contributed by atoms with Crippen LogP contribution in [-0.2, 0) is 19.6 Å². The van der Waals surface area contributed by atoms with Gasteiger partial charge in [0.1, 0.15) is 11.5 Å². The fourth-order valence-electron chi connectivity index (χ4n) is 5.48. The number of aromatic nitrogens is 3. The van der Waals surface area contributed by atoms with Gasteiger partial charge in [-0.15, -0.1) is 0 Å². The Labute approximate surface area is 261 Å². The largest absolute Gasteiger partial charge is 0.497 e. The molecule has 0 radical (unpaired) electrons. The second-order valence-corrected chi connectivity index (χ2v) is 10.7. The summed E-state index contributed by atoms with van der Waals surface area (Å²) >= 11 is 6.75. The lowest BCUT2D eigenvalue weighted by atomic mass is 10.00. The number of fused-ring (bicyclic) bond motifs is 3. The number of hydrogen-bond acceptors (Lipinski definition) is 7. The van der Waals surface area contributed by atoms with Crippen LogP contribution in [0.5, 0.6) is 23.0 Å². The average Bonchev–Trinajstić information content (AvgIpc) is 3.40. The first-order valence-electron chi connectivity index (χ1n) is 14.2. The van der Waals surface area contributed by atoms with E-state index in [2.05, 4.69) is 17.4 Å². The van der Waals surface area contributed by atoms with Gasteiger partial charge in [-0.3, -0.25) is 0 Å². The summed E-state index contributed by atoms with van der Waals surface area (Å²) in [5.74, 6) is 2.83. The first-order chi connectivity index (χ1) is 21.5. The van der Waals surface area contributed by atoms with E-state index in [0.29, 0.717) is 36.2 Å². The van der Waals surface area contributed by atoms with Crippen LogP contribution in [-0.4, -0.2) is 43.2 Å². The first kappa shape index (κ1) is 29.3. The minimum absolute atomic E-state index is 0.497. The summed E-state index contributed by atoms with van der Waals surface area (Å²) in [5.41, 5.74) is 5.31. The predicted octanol–water partition coefficient (Wildman–Crippen LogP) is 7.28. The number of halogens is 1. The van der Waals surface area contributed by atoms with Crippen molar-refractivity contribution in [2.45, 2.75) is 19.6 Å². The zero-order chi connectivity index (χ0) is 30.6. The van der Waals surface area contributed by atoms with Crippen LogP contribution in [0.1, 0.15) is 16.8 Å². The number of rotatable bonds is 11. The smallest absolute Gasteiger partial charge is 0.161 e. The quantitative estimate of drug-likeness (QED) is 0.166. The van der Waals surface area contributed by atoms with Gasteiger partial charge in [0.25, 0.3) is 0 Å². The molecule has 0 aliphatic carbocycles. The molecule has 0 spiro atoms. The lowest BCUT2D eigenvalue weighted by Crippen LogP contribution is -2.14. The Morgan fingerprint density at radius 1 is 0.705 bits per heavy atom. The van der Waals surface area contributed by atoms with Crippen molar-refractivity contribution in [1.82, 2.24) is 20.1 Å². The zero-order valence-electron chi connectivity index (χ0n) is 25.1. The summed E-state index contributed by atoms with van der Waals surface area (Å²) in [6, 6.07) is 27.7. The van der Waals surface area contributed by atoms with Gasteiger partial charge < -0.3 is 24.3 Å². The number of hydrogen-bond donors (Lipinski definition) is 1. The number of pyridine rings is 1. The van der Waals surface area contributed by atoms with Crippen molar-refractivity contribution in [2.75, 3.05) is 28.4 Å². The van der Waals surface area contributed by atoms with Gasteiger partial charge in [-0.1, -0.05) is 54.1 Å². The Kier molecular flexibility index (Phi) is 8.54. The molecule has 0 fully saturated rings. The van der Waals surface area contributed by atoms with Crippen molar-refractivity contribution in [2.24, 2.45) is 0 Å². The normalized spacial score (nSPS) is 11.2. The number of methoxy groups -OCH3 is 4. The summed E-state index contributed by atoms with van der Waals surface area (Å²) < 4.78 is 24.3. The van der Waals surface area contributed by atoms with E-state index in [1.807, 2.05) is 77.5 Å². The Morgan fingerprint density at radius 2 is 1.36 bits per heavy atom. The maximum absolute atomic E-state index is 6.75. The van der Waals surface area contributed by atoms with Crippen LogP contribution in [0.3, 0.4) is 0 Å². The molecule has 2 aromatic heterocycles. The van der Waals surface area contributed by atoms with Crippen molar-refractivity contribution < 1.29 is 18.9 Å². The molecule has 224 valence electrons. The van der Waals surface area contributed by atoms with Gasteiger partial charge in [-0.25, -0.2) is 9.67 Å². The van der Waals surface area contributed by atoms with Crippen molar-refractivity contribution in [3.8, 4) is 34.3 Å². The third-order valence-electron chi connectivity index (χ3n) is 7.62. The fourth-order valence-corrected chi connectivity index (χ4v) is 5.71. The molecular weight excluding hydrogens is 576 g/mol. The number of nitrogens with one attached hydrogen (secondary N) is 1. The Balaban J connectivity index is 1.55. The highest BCUT2D eigenvalue weighted by atomic mass is 35.5. The molecule has 0 unspecified atom stereocenters.